The van der Waals surface area contributed by atoms with Crippen molar-refractivity contribution in [1.82, 2.24) is 24.3 Å². The summed E-state index contributed by atoms with van der Waals surface area (Å²) in [5.74, 6) is 6.03. The lowest BCUT2D eigenvalue weighted by atomic mass is 9.91. The zero-order valence-electron chi connectivity index (χ0n) is 25.7. The molecule has 4 heterocycles. The van der Waals surface area contributed by atoms with Crippen LogP contribution in [-0.4, -0.2) is 102 Å². The number of nitriles is 1. The molecule has 2 aliphatic rings. The van der Waals surface area contributed by atoms with Crippen molar-refractivity contribution in [2.24, 2.45) is 0 Å². The summed E-state index contributed by atoms with van der Waals surface area (Å²) in [5.41, 5.74) is 2.38. The molecule has 0 saturated carbocycles. The number of fused-ring (bicyclic) bond motifs is 1. The number of carbonyl (C=O) groups excluding carboxylic acids is 1. The number of anilines is 1. The van der Waals surface area contributed by atoms with Crippen molar-refractivity contribution in [2.45, 2.75) is 38.5 Å². The minimum absolute atomic E-state index is 0.126. The first-order valence-corrected chi connectivity index (χ1v) is 15.1. The molecular formula is C33H38F3N7O2. The number of ether oxygens (including phenoxy) is 1. The molecule has 0 spiro atoms. The highest BCUT2D eigenvalue weighted by molar-refractivity contribution is 5.86. The van der Waals surface area contributed by atoms with Crippen molar-refractivity contribution in [1.29, 1.82) is 5.26 Å². The number of nitrogens with zero attached hydrogens (tertiary/aromatic N) is 6. The van der Waals surface area contributed by atoms with Crippen molar-refractivity contribution in [3.05, 3.63) is 59.5 Å². The number of benzene rings is 1. The van der Waals surface area contributed by atoms with Crippen LogP contribution in [0.4, 0.5) is 18.9 Å². The predicted octanol–water partition coefficient (Wildman–Crippen LogP) is 3.84. The number of hydrogen-bond donors (Lipinski definition) is 1. The summed E-state index contributed by atoms with van der Waals surface area (Å²) in [7, 11) is 0. The molecule has 0 radical (unpaired) electrons. The molecule has 0 bridgehead atoms. The quantitative estimate of drug-likeness (QED) is 0.383. The first-order chi connectivity index (χ1) is 21.5. The largest absolute Gasteiger partial charge is 0.406 e. The molecule has 5 rings (SSSR count). The van der Waals surface area contributed by atoms with Crippen molar-refractivity contribution in [2.75, 3.05) is 70.9 Å². The van der Waals surface area contributed by atoms with E-state index >= 15 is 0 Å². The summed E-state index contributed by atoms with van der Waals surface area (Å²) in [6.45, 7) is 9.09. The number of hydrogen-bond acceptors (Lipinski definition) is 7. The summed E-state index contributed by atoms with van der Waals surface area (Å²) in [6, 6.07) is 13.0. The Hall–Kier alpha value is -4.10. The van der Waals surface area contributed by atoms with E-state index in [0.717, 1.165) is 37.1 Å². The van der Waals surface area contributed by atoms with Gasteiger partial charge in [-0.2, -0.15) is 18.4 Å². The van der Waals surface area contributed by atoms with Gasteiger partial charge in [-0.05, 0) is 49.6 Å². The molecule has 0 aliphatic carbocycles. The van der Waals surface area contributed by atoms with E-state index < -0.39 is 18.1 Å². The standard InChI is InChI=1S/C33H38F3N7O2/c1-32(2,23-37)30-9-8-26(20-39-30)38-10-4-6-27-19-28-25(5-3-7-29(28)43(27)24-33(34,35)36)21-40-11-13-41(14-12-40)22-31(44)42-15-17-45-18-16-42/h3,5,7-9,19-20,38H,10-18,21-22,24H2,1-2H3. The van der Waals surface area contributed by atoms with E-state index in [0.29, 0.717) is 62.0 Å². The molecule has 2 saturated heterocycles. The Morgan fingerprint density at radius 3 is 2.44 bits per heavy atom. The van der Waals surface area contributed by atoms with Crippen LogP contribution in [0.3, 0.4) is 0 Å². The Morgan fingerprint density at radius 1 is 1.04 bits per heavy atom. The zero-order valence-corrected chi connectivity index (χ0v) is 25.7. The van der Waals surface area contributed by atoms with Crippen molar-refractivity contribution >= 4 is 22.5 Å². The summed E-state index contributed by atoms with van der Waals surface area (Å²) in [6.07, 6.45) is -2.79. The third-order valence-corrected chi connectivity index (χ3v) is 8.24. The Balaban J connectivity index is 1.25. The van der Waals surface area contributed by atoms with Crippen LogP contribution in [-0.2, 0) is 28.0 Å². The Morgan fingerprint density at radius 2 is 1.78 bits per heavy atom. The monoisotopic (exact) mass is 621 g/mol. The number of carbonyl (C=O) groups is 1. The second-order valence-corrected chi connectivity index (χ2v) is 12.0. The summed E-state index contributed by atoms with van der Waals surface area (Å²) >= 11 is 0. The molecule has 2 fully saturated rings. The van der Waals surface area contributed by atoms with Gasteiger partial charge in [0.05, 0.1) is 61.1 Å². The van der Waals surface area contributed by atoms with Gasteiger partial charge in [0.25, 0.3) is 0 Å². The minimum Gasteiger partial charge on any atom is -0.378 e. The lowest BCUT2D eigenvalue weighted by molar-refractivity contribution is -0.140. The average molecular weight is 622 g/mol. The van der Waals surface area contributed by atoms with Crippen LogP contribution >= 0.6 is 0 Å². The maximum absolute atomic E-state index is 13.6. The number of alkyl halides is 3. The number of rotatable bonds is 8. The van der Waals surface area contributed by atoms with Gasteiger partial charge >= 0.3 is 6.18 Å². The third-order valence-electron chi connectivity index (χ3n) is 8.24. The molecule has 1 aromatic carbocycles. The van der Waals surface area contributed by atoms with Crippen LogP contribution in [0.2, 0.25) is 0 Å². The van der Waals surface area contributed by atoms with Crippen molar-refractivity contribution < 1.29 is 22.7 Å². The van der Waals surface area contributed by atoms with E-state index in [9.17, 15) is 23.2 Å². The fraction of sp³-hybridized carbons (Fsp3) is 0.485. The molecule has 12 heteroatoms. The van der Waals surface area contributed by atoms with Gasteiger partial charge in [-0.3, -0.25) is 19.6 Å². The van der Waals surface area contributed by atoms with Crippen LogP contribution in [0.25, 0.3) is 10.9 Å². The van der Waals surface area contributed by atoms with E-state index in [2.05, 4.69) is 38.0 Å². The van der Waals surface area contributed by atoms with E-state index in [1.54, 1.807) is 50.4 Å². The van der Waals surface area contributed by atoms with E-state index in [1.807, 2.05) is 11.0 Å². The second kappa shape index (κ2) is 13.9. The average Bonchev–Trinajstić information content (AvgIpc) is 3.37. The van der Waals surface area contributed by atoms with E-state index in [4.69, 9.17) is 4.74 Å². The van der Waals surface area contributed by atoms with E-state index in [1.165, 1.54) is 4.57 Å². The SMILES string of the molecule is CC(C)(C#N)c1ccc(NCC#Cc2cc3c(CN4CCN(CC(=O)N5CCOCC5)CC4)cccc3n2CC(F)(F)F)cn1. The highest BCUT2D eigenvalue weighted by atomic mass is 19.4. The summed E-state index contributed by atoms with van der Waals surface area (Å²) in [5, 5.41) is 13.2. The van der Waals surface area contributed by atoms with Crippen molar-refractivity contribution in [3.63, 3.8) is 0 Å². The molecular weight excluding hydrogens is 583 g/mol. The van der Waals surface area contributed by atoms with Gasteiger partial charge in [0.1, 0.15) is 6.54 Å². The van der Waals surface area contributed by atoms with Gasteiger partial charge in [0, 0.05) is 56.7 Å². The highest BCUT2D eigenvalue weighted by Crippen LogP contribution is 2.29. The normalized spacial score (nSPS) is 16.7. The van der Waals surface area contributed by atoms with Crippen LogP contribution in [0.1, 0.15) is 30.8 Å². The number of pyridine rings is 1. The van der Waals surface area contributed by atoms with E-state index in [-0.39, 0.29) is 12.5 Å². The van der Waals surface area contributed by atoms with Crippen LogP contribution in [0.15, 0.2) is 42.6 Å². The molecule has 0 atom stereocenters. The molecule has 3 aromatic rings. The third kappa shape index (κ3) is 8.34. The Bertz CT molecular complexity index is 1580. The Kier molecular flexibility index (Phi) is 9.98. The molecule has 2 aromatic heterocycles. The maximum atomic E-state index is 13.6. The smallest absolute Gasteiger partial charge is 0.378 e. The number of aromatic nitrogens is 2. The van der Waals surface area contributed by atoms with Crippen LogP contribution in [0, 0.1) is 23.2 Å². The van der Waals surface area contributed by atoms with Crippen LogP contribution in [0.5, 0.6) is 0 Å². The second-order valence-electron chi connectivity index (χ2n) is 12.0. The number of halogens is 3. The van der Waals surface area contributed by atoms with Gasteiger partial charge in [0.2, 0.25) is 5.91 Å². The first-order valence-electron chi connectivity index (χ1n) is 15.1. The van der Waals surface area contributed by atoms with Gasteiger partial charge < -0.3 is 19.5 Å². The fourth-order valence-corrected chi connectivity index (χ4v) is 5.59. The van der Waals surface area contributed by atoms with Gasteiger partial charge in [-0.15, -0.1) is 0 Å². The molecule has 0 unspecified atom stereocenters. The maximum Gasteiger partial charge on any atom is 0.406 e. The lowest BCUT2D eigenvalue weighted by Gasteiger charge is -2.36. The predicted molar refractivity (Wildman–Crippen MR) is 165 cm³/mol. The van der Waals surface area contributed by atoms with Gasteiger partial charge in [-0.25, -0.2) is 0 Å². The molecule has 1 amide bonds. The molecule has 1 N–H and O–H groups in total. The summed E-state index contributed by atoms with van der Waals surface area (Å²) in [4.78, 5) is 23.3. The number of nitrogens with one attached hydrogen (secondary N) is 1. The summed E-state index contributed by atoms with van der Waals surface area (Å²) < 4.78 is 47.5. The molecule has 45 heavy (non-hydrogen) atoms. The Labute approximate surface area is 261 Å². The molecule has 2 aliphatic heterocycles. The molecule has 9 nitrogen and oxygen atoms in total. The topological polar surface area (TPSA) is 89.7 Å². The minimum atomic E-state index is -4.41. The van der Waals surface area contributed by atoms with Gasteiger partial charge in [0.15, 0.2) is 0 Å². The highest BCUT2D eigenvalue weighted by Gasteiger charge is 2.30. The van der Waals surface area contributed by atoms with Gasteiger partial charge in [-0.1, -0.05) is 18.1 Å². The van der Waals surface area contributed by atoms with Crippen LogP contribution < -0.4 is 5.32 Å². The number of amides is 1. The fourth-order valence-electron chi connectivity index (χ4n) is 5.59. The lowest BCUT2D eigenvalue weighted by Crippen LogP contribution is -2.51. The first kappa shape index (κ1) is 32.3. The zero-order chi connectivity index (χ0) is 32.0. The molecule has 238 valence electrons. The number of piperazine rings is 1. The number of morpholine rings is 1. The van der Waals surface area contributed by atoms with Crippen molar-refractivity contribution in [3.8, 4) is 17.9 Å².